The van der Waals surface area contributed by atoms with Crippen LogP contribution in [0.15, 0.2) is 41.7 Å². The predicted molar refractivity (Wildman–Crippen MR) is 79.3 cm³/mol. The average Bonchev–Trinajstić information content (AvgIpc) is 3.00. The van der Waals surface area contributed by atoms with Gasteiger partial charge < -0.3 is 5.32 Å². The summed E-state index contributed by atoms with van der Waals surface area (Å²) in [7, 11) is 0. The van der Waals surface area contributed by atoms with Crippen molar-refractivity contribution in [3.63, 3.8) is 0 Å². The van der Waals surface area contributed by atoms with Crippen LogP contribution in [0.2, 0.25) is 0 Å². The second-order valence-electron chi connectivity index (χ2n) is 4.94. The third-order valence-electron chi connectivity index (χ3n) is 3.22. The topological polar surface area (TPSA) is 106 Å². The van der Waals surface area contributed by atoms with E-state index in [0.29, 0.717) is 17.3 Å². The summed E-state index contributed by atoms with van der Waals surface area (Å²) in [4.78, 5) is 27.9. The van der Waals surface area contributed by atoms with E-state index in [-0.39, 0.29) is 23.2 Å². The lowest BCUT2D eigenvalue weighted by atomic mass is 10.1. The Morgan fingerprint density at radius 3 is 2.86 bits per heavy atom. The monoisotopic (exact) mass is 298 g/mol. The molecular weight excluding hydrogens is 284 g/mol. The molecule has 8 heteroatoms. The fourth-order valence-corrected chi connectivity index (χ4v) is 2.23. The number of amides is 1. The minimum Gasteiger partial charge on any atom is -0.346 e. The first-order valence-electron chi connectivity index (χ1n) is 6.76. The summed E-state index contributed by atoms with van der Waals surface area (Å²) >= 11 is 0. The number of carbonyl (C=O) groups is 1. The van der Waals surface area contributed by atoms with Gasteiger partial charge in [-0.3, -0.25) is 14.3 Å². The molecule has 1 atom stereocenters. The van der Waals surface area contributed by atoms with Crippen LogP contribution in [-0.2, 0) is 6.54 Å². The summed E-state index contributed by atoms with van der Waals surface area (Å²) in [5.74, 6) is -0.347. The van der Waals surface area contributed by atoms with Crippen molar-refractivity contribution in [2.75, 3.05) is 0 Å². The molecule has 0 aliphatic carbocycles. The van der Waals surface area contributed by atoms with E-state index in [2.05, 4.69) is 25.6 Å². The van der Waals surface area contributed by atoms with Crippen molar-refractivity contribution in [3.8, 4) is 0 Å². The first-order chi connectivity index (χ1) is 10.6. The lowest BCUT2D eigenvalue weighted by molar-refractivity contribution is 0.0931. The Morgan fingerprint density at radius 2 is 2.14 bits per heavy atom. The highest BCUT2D eigenvalue weighted by Crippen LogP contribution is 2.12. The molecule has 3 aromatic rings. The summed E-state index contributed by atoms with van der Waals surface area (Å²) in [6, 6.07) is 6.70. The Labute approximate surface area is 125 Å². The van der Waals surface area contributed by atoms with Gasteiger partial charge in [-0.05, 0) is 13.0 Å². The molecule has 1 aromatic carbocycles. The van der Waals surface area contributed by atoms with Crippen LogP contribution < -0.4 is 10.9 Å². The van der Waals surface area contributed by atoms with E-state index in [1.165, 1.54) is 6.33 Å². The number of fused-ring (bicyclic) bond motifs is 1. The standard InChI is InChI=1S/C14H14N6O2/c1-9(6-20-8-15-7-16-20)17-14(22)12-10-4-2-3-5-11(10)13(21)19-18-12/h2-5,7-9H,6H2,1H3,(H,17,22)(H,19,21)/t9-/m1/s1. The van der Waals surface area contributed by atoms with Crippen molar-refractivity contribution in [2.24, 2.45) is 0 Å². The van der Waals surface area contributed by atoms with E-state index in [9.17, 15) is 9.59 Å². The Bertz CT molecular complexity index is 855. The summed E-state index contributed by atoms with van der Waals surface area (Å²) in [5, 5.41) is 14.0. The largest absolute Gasteiger partial charge is 0.346 e. The van der Waals surface area contributed by atoms with Gasteiger partial charge in [0.1, 0.15) is 12.7 Å². The van der Waals surface area contributed by atoms with Crippen molar-refractivity contribution >= 4 is 16.7 Å². The van der Waals surface area contributed by atoms with Crippen LogP contribution in [0.4, 0.5) is 0 Å². The Kier molecular flexibility index (Phi) is 3.65. The van der Waals surface area contributed by atoms with E-state index >= 15 is 0 Å². The van der Waals surface area contributed by atoms with E-state index in [1.54, 1.807) is 35.3 Å². The number of nitrogens with zero attached hydrogens (tertiary/aromatic N) is 4. The third kappa shape index (κ3) is 2.71. The molecule has 2 N–H and O–H groups in total. The number of rotatable bonds is 4. The smallest absolute Gasteiger partial charge is 0.272 e. The maximum atomic E-state index is 12.4. The lowest BCUT2D eigenvalue weighted by Crippen LogP contribution is -2.36. The van der Waals surface area contributed by atoms with Gasteiger partial charge in [0.15, 0.2) is 5.69 Å². The Morgan fingerprint density at radius 1 is 1.36 bits per heavy atom. The molecule has 8 nitrogen and oxygen atoms in total. The molecule has 0 bridgehead atoms. The van der Waals surface area contributed by atoms with Crippen LogP contribution >= 0.6 is 0 Å². The van der Waals surface area contributed by atoms with Gasteiger partial charge in [0.2, 0.25) is 0 Å². The number of hydrogen-bond donors (Lipinski definition) is 2. The van der Waals surface area contributed by atoms with Crippen LogP contribution in [-0.4, -0.2) is 36.9 Å². The van der Waals surface area contributed by atoms with E-state index in [4.69, 9.17) is 0 Å². The number of nitrogens with one attached hydrogen (secondary N) is 2. The fraction of sp³-hybridized carbons (Fsp3) is 0.214. The second-order valence-corrected chi connectivity index (χ2v) is 4.94. The van der Waals surface area contributed by atoms with Crippen LogP contribution in [0.25, 0.3) is 10.8 Å². The fourth-order valence-electron chi connectivity index (χ4n) is 2.23. The summed E-state index contributed by atoms with van der Waals surface area (Å²) < 4.78 is 1.63. The Hall–Kier alpha value is -3.03. The van der Waals surface area contributed by atoms with Crippen molar-refractivity contribution in [1.29, 1.82) is 0 Å². The van der Waals surface area contributed by atoms with Crippen LogP contribution in [0, 0.1) is 0 Å². The highest BCUT2D eigenvalue weighted by atomic mass is 16.2. The van der Waals surface area contributed by atoms with Gasteiger partial charge in [-0.25, -0.2) is 10.1 Å². The molecule has 0 unspecified atom stereocenters. The van der Waals surface area contributed by atoms with Crippen LogP contribution in [0.3, 0.4) is 0 Å². The number of H-pyrrole nitrogens is 1. The van der Waals surface area contributed by atoms with Crippen molar-refractivity contribution in [1.82, 2.24) is 30.3 Å². The molecule has 0 saturated carbocycles. The van der Waals surface area contributed by atoms with Crippen molar-refractivity contribution in [2.45, 2.75) is 19.5 Å². The van der Waals surface area contributed by atoms with Gasteiger partial charge in [0.05, 0.1) is 11.9 Å². The van der Waals surface area contributed by atoms with Gasteiger partial charge in [-0.15, -0.1) is 0 Å². The number of benzene rings is 1. The van der Waals surface area contributed by atoms with Crippen molar-refractivity contribution in [3.05, 3.63) is 53.0 Å². The molecule has 3 rings (SSSR count). The molecule has 0 fully saturated rings. The molecule has 22 heavy (non-hydrogen) atoms. The number of hydrogen-bond acceptors (Lipinski definition) is 5. The molecule has 0 spiro atoms. The SMILES string of the molecule is C[C@H](Cn1cncn1)NC(=O)c1n[nH]c(=O)c2ccccc12. The van der Waals surface area contributed by atoms with Crippen LogP contribution in [0.5, 0.6) is 0 Å². The molecule has 2 aromatic heterocycles. The van der Waals surface area contributed by atoms with Crippen LogP contribution in [0.1, 0.15) is 17.4 Å². The molecular formula is C14H14N6O2. The average molecular weight is 298 g/mol. The van der Waals surface area contributed by atoms with E-state index < -0.39 is 0 Å². The first-order valence-corrected chi connectivity index (χ1v) is 6.76. The number of carbonyl (C=O) groups excluding carboxylic acids is 1. The lowest BCUT2D eigenvalue weighted by Gasteiger charge is -2.13. The Balaban J connectivity index is 1.83. The van der Waals surface area contributed by atoms with Gasteiger partial charge in [-0.2, -0.15) is 10.2 Å². The number of aromatic amines is 1. The molecule has 0 aliphatic heterocycles. The van der Waals surface area contributed by atoms with Crippen molar-refractivity contribution < 1.29 is 4.79 Å². The first kappa shape index (κ1) is 13.9. The minimum atomic E-state index is -0.347. The maximum absolute atomic E-state index is 12.4. The quantitative estimate of drug-likeness (QED) is 0.722. The normalized spacial score (nSPS) is 12.2. The predicted octanol–water partition coefficient (Wildman–Crippen LogP) is 0.333. The highest BCUT2D eigenvalue weighted by Gasteiger charge is 2.16. The van der Waals surface area contributed by atoms with Gasteiger partial charge in [-0.1, -0.05) is 18.2 Å². The molecule has 0 aliphatic rings. The molecule has 2 heterocycles. The van der Waals surface area contributed by atoms with Gasteiger partial charge in [0.25, 0.3) is 11.5 Å². The van der Waals surface area contributed by atoms with E-state index in [0.717, 1.165) is 0 Å². The summed E-state index contributed by atoms with van der Waals surface area (Å²) in [6.07, 6.45) is 3.02. The molecule has 1 amide bonds. The minimum absolute atomic E-state index is 0.165. The molecule has 112 valence electrons. The molecule has 0 saturated heterocycles. The number of aromatic nitrogens is 5. The summed E-state index contributed by atoms with van der Waals surface area (Å²) in [6.45, 7) is 2.35. The highest BCUT2D eigenvalue weighted by molar-refractivity contribution is 6.04. The van der Waals surface area contributed by atoms with Gasteiger partial charge in [0, 0.05) is 11.4 Å². The zero-order chi connectivity index (χ0) is 15.5. The second kappa shape index (κ2) is 5.76. The zero-order valence-electron chi connectivity index (χ0n) is 11.9. The third-order valence-corrected chi connectivity index (χ3v) is 3.22. The van der Waals surface area contributed by atoms with Gasteiger partial charge >= 0.3 is 0 Å². The maximum Gasteiger partial charge on any atom is 0.272 e. The van der Waals surface area contributed by atoms with E-state index in [1.807, 2.05) is 6.92 Å². The summed E-state index contributed by atoms with van der Waals surface area (Å²) in [5.41, 5.74) is -0.122. The zero-order valence-corrected chi connectivity index (χ0v) is 11.9. The molecule has 0 radical (unpaired) electrons.